The molecule has 3 aromatic heterocycles. The van der Waals surface area contributed by atoms with Crippen LogP contribution >= 0.6 is 0 Å². The van der Waals surface area contributed by atoms with Crippen LogP contribution in [0.5, 0.6) is 5.75 Å². The van der Waals surface area contributed by atoms with Crippen LogP contribution in [0.2, 0.25) is 0 Å². The van der Waals surface area contributed by atoms with Crippen molar-refractivity contribution in [2.45, 2.75) is 40.2 Å². The molecule has 0 radical (unpaired) electrons. The van der Waals surface area contributed by atoms with Crippen LogP contribution in [0.4, 0.5) is 5.82 Å². The van der Waals surface area contributed by atoms with E-state index in [-0.39, 0.29) is 11.1 Å². The number of anilines is 1. The first-order chi connectivity index (χ1) is 13.8. The number of aryl methyl sites for hydroxylation is 1. The van der Waals surface area contributed by atoms with Crippen molar-refractivity contribution >= 4 is 22.4 Å². The van der Waals surface area contributed by atoms with Gasteiger partial charge in [0.15, 0.2) is 0 Å². The number of hydrogen-bond donors (Lipinski definition) is 2. The number of rotatable bonds is 4. The highest BCUT2D eigenvalue weighted by atomic mass is 16.5. The SMILES string of the molecule is CCOc1ccc2[nH]c(=O)c(-c3nc4c(C)cccn4c3NC(C)(C)C)cc2c1. The molecule has 0 aliphatic rings. The van der Waals surface area contributed by atoms with Crippen molar-refractivity contribution in [1.29, 1.82) is 0 Å². The molecule has 0 fully saturated rings. The first kappa shape index (κ1) is 19.1. The van der Waals surface area contributed by atoms with Crippen molar-refractivity contribution in [3.63, 3.8) is 0 Å². The summed E-state index contributed by atoms with van der Waals surface area (Å²) in [7, 11) is 0. The maximum absolute atomic E-state index is 13.0. The Morgan fingerprint density at radius 3 is 2.72 bits per heavy atom. The molecule has 0 atom stereocenters. The molecule has 29 heavy (non-hydrogen) atoms. The molecule has 0 unspecified atom stereocenters. The topological polar surface area (TPSA) is 71.4 Å². The fourth-order valence-electron chi connectivity index (χ4n) is 3.48. The van der Waals surface area contributed by atoms with Crippen LogP contribution < -0.4 is 15.6 Å². The average Bonchev–Trinajstić information content (AvgIpc) is 3.00. The van der Waals surface area contributed by atoms with Gasteiger partial charge in [0.1, 0.15) is 22.9 Å². The number of imidazole rings is 1. The van der Waals surface area contributed by atoms with Gasteiger partial charge in [-0.15, -0.1) is 0 Å². The Morgan fingerprint density at radius 2 is 2.00 bits per heavy atom. The standard InChI is InChI=1S/C23H26N4O2/c1-6-29-16-9-10-18-15(12-16)13-17(22(28)24-18)19-21(26-23(3,4)5)27-11-7-8-14(2)20(27)25-19/h7-13,26H,6H2,1-5H3,(H,24,28). The number of nitrogens with zero attached hydrogens (tertiary/aromatic N) is 2. The van der Waals surface area contributed by atoms with Crippen LogP contribution in [0, 0.1) is 6.92 Å². The molecule has 2 N–H and O–H groups in total. The summed E-state index contributed by atoms with van der Waals surface area (Å²) in [6.07, 6.45) is 1.97. The second-order valence-electron chi connectivity index (χ2n) is 8.26. The first-order valence-electron chi connectivity index (χ1n) is 9.83. The fourth-order valence-corrected chi connectivity index (χ4v) is 3.48. The third kappa shape index (κ3) is 3.58. The van der Waals surface area contributed by atoms with Crippen molar-refractivity contribution in [2.75, 3.05) is 11.9 Å². The number of benzene rings is 1. The molecule has 0 aliphatic carbocycles. The Kier molecular flexibility index (Phi) is 4.57. The molecule has 6 nitrogen and oxygen atoms in total. The van der Waals surface area contributed by atoms with E-state index in [1.165, 1.54) is 0 Å². The Bertz CT molecular complexity index is 1260. The van der Waals surface area contributed by atoms with Gasteiger partial charge in [0, 0.05) is 22.6 Å². The molecule has 0 aliphatic heterocycles. The highest BCUT2D eigenvalue weighted by Crippen LogP contribution is 2.31. The summed E-state index contributed by atoms with van der Waals surface area (Å²) in [5.74, 6) is 1.58. The lowest BCUT2D eigenvalue weighted by Gasteiger charge is -2.22. The zero-order chi connectivity index (χ0) is 20.8. The van der Waals surface area contributed by atoms with Crippen molar-refractivity contribution in [2.24, 2.45) is 0 Å². The third-order valence-corrected chi connectivity index (χ3v) is 4.72. The molecule has 0 amide bonds. The lowest BCUT2D eigenvalue weighted by Crippen LogP contribution is -2.27. The summed E-state index contributed by atoms with van der Waals surface area (Å²) < 4.78 is 7.63. The molecule has 6 heteroatoms. The summed E-state index contributed by atoms with van der Waals surface area (Å²) in [6.45, 7) is 10.8. The molecule has 1 aromatic carbocycles. The minimum absolute atomic E-state index is 0.167. The minimum atomic E-state index is -0.194. The molecule has 0 spiro atoms. The molecule has 0 saturated heterocycles. The van der Waals surface area contributed by atoms with Gasteiger partial charge in [-0.25, -0.2) is 4.98 Å². The minimum Gasteiger partial charge on any atom is -0.494 e. The van der Waals surface area contributed by atoms with E-state index in [1.54, 1.807) is 0 Å². The van der Waals surface area contributed by atoms with Crippen molar-refractivity contribution in [3.8, 4) is 17.0 Å². The van der Waals surface area contributed by atoms with Gasteiger partial charge in [0.05, 0.1) is 12.2 Å². The van der Waals surface area contributed by atoms with E-state index in [0.29, 0.717) is 17.9 Å². The zero-order valence-corrected chi connectivity index (χ0v) is 17.5. The second-order valence-corrected chi connectivity index (χ2v) is 8.26. The van der Waals surface area contributed by atoms with Gasteiger partial charge in [-0.05, 0) is 70.5 Å². The van der Waals surface area contributed by atoms with Gasteiger partial charge in [-0.2, -0.15) is 0 Å². The lowest BCUT2D eigenvalue weighted by atomic mass is 10.1. The van der Waals surface area contributed by atoms with Gasteiger partial charge < -0.3 is 15.0 Å². The van der Waals surface area contributed by atoms with E-state index < -0.39 is 0 Å². The lowest BCUT2D eigenvalue weighted by molar-refractivity contribution is 0.340. The summed E-state index contributed by atoms with van der Waals surface area (Å²) in [5.41, 5.74) is 3.45. The summed E-state index contributed by atoms with van der Waals surface area (Å²) in [6, 6.07) is 11.6. The number of nitrogens with one attached hydrogen (secondary N) is 2. The smallest absolute Gasteiger partial charge is 0.258 e. The monoisotopic (exact) mass is 390 g/mol. The van der Waals surface area contributed by atoms with E-state index >= 15 is 0 Å². The summed E-state index contributed by atoms with van der Waals surface area (Å²) >= 11 is 0. The van der Waals surface area contributed by atoms with E-state index in [1.807, 2.05) is 60.8 Å². The highest BCUT2D eigenvalue weighted by molar-refractivity contribution is 5.87. The van der Waals surface area contributed by atoms with Crippen molar-refractivity contribution in [1.82, 2.24) is 14.4 Å². The number of hydrogen-bond acceptors (Lipinski definition) is 4. The van der Waals surface area contributed by atoms with Crippen molar-refractivity contribution < 1.29 is 4.74 Å². The van der Waals surface area contributed by atoms with Crippen LogP contribution in [-0.2, 0) is 0 Å². The van der Waals surface area contributed by atoms with E-state index in [2.05, 4.69) is 31.1 Å². The highest BCUT2D eigenvalue weighted by Gasteiger charge is 2.22. The quantitative estimate of drug-likeness (QED) is 0.527. The number of pyridine rings is 2. The van der Waals surface area contributed by atoms with Crippen LogP contribution in [0.3, 0.4) is 0 Å². The third-order valence-electron chi connectivity index (χ3n) is 4.72. The van der Waals surface area contributed by atoms with Gasteiger partial charge in [-0.3, -0.25) is 9.20 Å². The largest absolute Gasteiger partial charge is 0.494 e. The van der Waals surface area contributed by atoms with E-state index in [4.69, 9.17) is 9.72 Å². The average molecular weight is 390 g/mol. The van der Waals surface area contributed by atoms with Crippen LogP contribution in [0.1, 0.15) is 33.3 Å². The van der Waals surface area contributed by atoms with Gasteiger partial charge >= 0.3 is 0 Å². The number of H-pyrrole nitrogens is 1. The molecule has 150 valence electrons. The predicted molar refractivity (Wildman–Crippen MR) is 118 cm³/mol. The molecule has 0 bridgehead atoms. The molecular weight excluding hydrogens is 364 g/mol. The van der Waals surface area contributed by atoms with Gasteiger partial charge in [0.25, 0.3) is 5.56 Å². The second kappa shape index (κ2) is 6.95. The predicted octanol–water partition coefficient (Wildman–Crippen LogP) is 4.76. The van der Waals surface area contributed by atoms with Crippen LogP contribution in [0.25, 0.3) is 27.8 Å². The van der Waals surface area contributed by atoms with E-state index in [0.717, 1.165) is 33.7 Å². The molecule has 4 rings (SSSR count). The summed E-state index contributed by atoms with van der Waals surface area (Å²) in [5, 5.41) is 4.43. The first-order valence-corrected chi connectivity index (χ1v) is 9.83. The normalized spacial score (nSPS) is 11.9. The molecular formula is C23H26N4O2. The Labute approximate surface area is 169 Å². The van der Waals surface area contributed by atoms with Crippen LogP contribution in [0.15, 0.2) is 47.4 Å². The zero-order valence-electron chi connectivity index (χ0n) is 17.5. The van der Waals surface area contributed by atoms with E-state index in [9.17, 15) is 4.79 Å². The maximum atomic E-state index is 13.0. The molecule has 4 aromatic rings. The number of fused-ring (bicyclic) bond motifs is 2. The summed E-state index contributed by atoms with van der Waals surface area (Å²) in [4.78, 5) is 20.8. The number of ether oxygens (including phenoxy) is 1. The number of aromatic amines is 1. The van der Waals surface area contributed by atoms with Gasteiger partial charge in [-0.1, -0.05) is 6.07 Å². The Balaban J connectivity index is 1.99. The maximum Gasteiger partial charge on any atom is 0.258 e. The molecule has 3 heterocycles. The molecule has 0 saturated carbocycles. The fraction of sp³-hybridized carbons (Fsp3) is 0.304. The Morgan fingerprint density at radius 1 is 1.21 bits per heavy atom. The van der Waals surface area contributed by atoms with Crippen LogP contribution in [-0.4, -0.2) is 26.5 Å². The van der Waals surface area contributed by atoms with Gasteiger partial charge in [0.2, 0.25) is 0 Å². The number of aromatic nitrogens is 3. The Hall–Kier alpha value is -3.28. The van der Waals surface area contributed by atoms with Crippen molar-refractivity contribution in [3.05, 3.63) is 58.5 Å².